The highest BCUT2D eigenvalue weighted by Crippen LogP contribution is 2.18. The molecule has 0 aliphatic carbocycles. The molecule has 1 aromatic rings. The number of piperidine rings is 1. The van der Waals surface area contributed by atoms with Gasteiger partial charge in [0.15, 0.2) is 0 Å². The molecule has 1 aliphatic heterocycles. The van der Waals surface area contributed by atoms with Crippen LogP contribution in [-0.2, 0) is 0 Å². The minimum absolute atomic E-state index is 0.00581. The number of hydrogen-bond donors (Lipinski definition) is 2. The van der Waals surface area contributed by atoms with Gasteiger partial charge in [0.2, 0.25) is 0 Å². The third kappa shape index (κ3) is 2.52. The summed E-state index contributed by atoms with van der Waals surface area (Å²) in [7, 11) is 0. The molecule has 17 heavy (non-hydrogen) atoms. The van der Waals surface area contributed by atoms with Gasteiger partial charge in [0.05, 0.1) is 25.0 Å². The smallest absolute Gasteiger partial charge is 0.274 e. The van der Waals surface area contributed by atoms with Gasteiger partial charge in [-0.15, -0.1) is 0 Å². The molecule has 1 amide bonds. The van der Waals surface area contributed by atoms with Crippen LogP contribution < -0.4 is 5.73 Å². The molecule has 0 spiro atoms. The van der Waals surface area contributed by atoms with Crippen LogP contribution in [0.4, 0.5) is 5.82 Å². The molecule has 0 aromatic carbocycles. The normalized spacial score (nSPS) is 20.3. The summed E-state index contributed by atoms with van der Waals surface area (Å²) in [5.74, 6) is 0.107. The van der Waals surface area contributed by atoms with Crippen LogP contribution in [0.1, 0.15) is 29.8 Å². The first kappa shape index (κ1) is 11.8. The maximum atomic E-state index is 12.2. The van der Waals surface area contributed by atoms with E-state index in [4.69, 9.17) is 5.73 Å². The largest absolute Gasteiger partial charge is 0.394 e. The summed E-state index contributed by atoms with van der Waals surface area (Å²) in [5.41, 5.74) is 5.70. The van der Waals surface area contributed by atoms with Crippen molar-refractivity contribution >= 4 is 11.7 Å². The SMILES string of the molecule is Nc1cnc(C(=O)N2CCCCC2CO)cn1. The lowest BCUT2D eigenvalue weighted by Gasteiger charge is -2.34. The fourth-order valence-corrected chi connectivity index (χ4v) is 2.05. The van der Waals surface area contributed by atoms with Crippen LogP contribution >= 0.6 is 0 Å². The van der Waals surface area contributed by atoms with Gasteiger partial charge in [0.25, 0.3) is 5.91 Å². The van der Waals surface area contributed by atoms with E-state index in [0.717, 1.165) is 19.3 Å². The van der Waals surface area contributed by atoms with Gasteiger partial charge in [-0.1, -0.05) is 0 Å². The molecule has 92 valence electrons. The van der Waals surface area contributed by atoms with Crippen molar-refractivity contribution in [3.05, 3.63) is 18.1 Å². The predicted molar refractivity (Wildman–Crippen MR) is 62.2 cm³/mol. The third-order valence-electron chi connectivity index (χ3n) is 2.99. The summed E-state index contributed by atoms with van der Waals surface area (Å²) in [6.45, 7) is 0.657. The molecular formula is C11H16N4O2. The second-order valence-electron chi connectivity index (χ2n) is 4.16. The number of nitrogens with zero attached hydrogens (tertiary/aromatic N) is 3. The average Bonchev–Trinajstić information content (AvgIpc) is 2.39. The summed E-state index contributed by atoms with van der Waals surface area (Å²) in [6.07, 6.45) is 5.59. The highest BCUT2D eigenvalue weighted by molar-refractivity contribution is 5.92. The van der Waals surface area contributed by atoms with Crippen LogP contribution in [-0.4, -0.2) is 45.1 Å². The second-order valence-corrected chi connectivity index (χ2v) is 4.16. The lowest BCUT2D eigenvalue weighted by atomic mass is 10.0. The van der Waals surface area contributed by atoms with E-state index in [-0.39, 0.29) is 24.2 Å². The van der Waals surface area contributed by atoms with Crippen molar-refractivity contribution in [2.24, 2.45) is 0 Å². The van der Waals surface area contributed by atoms with Gasteiger partial charge in [0, 0.05) is 6.54 Å². The van der Waals surface area contributed by atoms with E-state index in [1.165, 1.54) is 12.4 Å². The number of amides is 1. The number of rotatable bonds is 2. The lowest BCUT2D eigenvalue weighted by molar-refractivity contribution is 0.0497. The number of nitrogen functional groups attached to an aromatic ring is 1. The summed E-state index contributed by atoms with van der Waals surface area (Å²) in [5, 5.41) is 9.25. The summed E-state index contributed by atoms with van der Waals surface area (Å²) >= 11 is 0. The minimum atomic E-state index is -0.184. The highest BCUT2D eigenvalue weighted by atomic mass is 16.3. The number of aromatic nitrogens is 2. The van der Waals surface area contributed by atoms with Crippen molar-refractivity contribution < 1.29 is 9.90 Å². The summed E-state index contributed by atoms with van der Waals surface area (Å²) < 4.78 is 0. The molecule has 2 rings (SSSR count). The van der Waals surface area contributed by atoms with Gasteiger partial charge >= 0.3 is 0 Å². The molecule has 1 atom stereocenters. The zero-order valence-electron chi connectivity index (χ0n) is 9.54. The Morgan fingerprint density at radius 3 is 2.94 bits per heavy atom. The molecule has 0 radical (unpaired) electrons. The van der Waals surface area contributed by atoms with E-state index < -0.39 is 0 Å². The number of carbonyl (C=O) groups excluding carboxylic acids is 1. The molecule has 6 heteroatoms. The zero-order chi connectivity index (χ0) is 12.3. The fourth-order valence-electron chi connectivity index (χ4n) is 2.05. The molecule has 1 aromatic heterocycles. The van der Waals surface area contributed by atoms with Gasteiger partial charge in [-0.05, 0) is 19.3 Å². The number of hydrogen-bond acceptors (Lipinski definition) is 5. The molecule has 1 unspecified atom stereocenters. The Balaban J connectivity index is 2.15. The number of aliphatic hydroxyl groups is 1. The summed E-state index contributed by atoms with van der Waals surface area (Å²) in [4.78, 5) is 21.6. The number of anilines is 1. The highest BCUT2D eigenvalue weighted by Gasteiger charge is 2.27. The van der Waals surface area contributed by atoms with Crippen LogP contribution in [0.5, 0.6) is 0 Å². The molecule has 1 aliphatic rings. The minimum Gasteiger partial charge on any atom is -0.394 e. The summed E-state index contributed by atoms with van der Waals surface area (Å²) in [6, 6.07) is -0.101. The molecule has 3 N–H and O–H groups in total. The van der Waals surface area contributed by atoms with Crippen LogP contribution in [0.2, 0.25) is 0 Å². The first-order valence-corrected chi connectivity index (χ1v) is 5.71. The van der Waals surface area contributed by atoms with Crippen LogP contribution in [0, 0.1) is 0 Å². The second kappa shape index (κ2) is 5.09. The van der Waals surface area contributed by atoms with E-state index in [2.05, 4.69) is 9.97 Å². The number of likely N-dealkylation sites (tertiary alicyclic amines) is 1. The third-order valence-corrected chi connectivity index (χ3v) is 2.99. The van der Waals surface area contributed by atoms with E-state index in [0.29, 0.717) is 12.4 Å². The molecule has 0 saturated carbocycles. The Bertz CT molecular complexity index is 393. The van der Waals surface area contributed by atoms with Crippen molar-refractivity contribution in [2.45, 2.75) is 25.3 Å². The lowest BCUT2D eigenvalue weighted by Crippen LogP contribution is -2.45. The number of nitrogens with two attached hydrogens (primary N) is 1. The number of carbonyl (C=O) groups is 1. The van der Waals surface area contributed by atoms with Crippen LogP contribution in [0.25, 0.3) is 0 Å². The van der Waals surface area contributed by atoms with Gasteiger partial charge in [-0.2, -0.15) is 0 Å². The van der Waals surface area contributed by atoms with E-state index in [9.17, 15) is 9.90 Å². The molecule has 2 heterocycles. The molecular weight excluding hydrogens is 220 g/mol. The van der Waals surface area contributed by atoms with Crippen molar-refractivity contribution in [1.82, 2.24) is 14.9 Å². The first-order chi connectivity index (χ1) is 8.22. The van der Waals surface area contributed by atoms with Gasteiger partial charge in [0.1, 0.15) is 11.5 Å². The average molecular weight is 236 g/mol. The van der Waals surface area contributed by atoms with Gasteiger partial charge in [-0.25, -0.2) is 9.97 Å². The Kier molecular flexibility index (Phi) is 3.53. The van der Waals surface area contributed by atoms with E-state index in [1.54, 1.807) is 4.90 Å². The first-order valence-electron chi connectivity index (χ1n) is 5.71. The quantitative estimate of drug-likeness (QED) is 0.756. The van der Waals surface area contributed by atoms with E-state index >= 15 is 0 Å². The Hall–Kier alpha value is -1.69. The number of aliphatic hydroxyl groups excluding tert-OH is 1. The fraction of sp³-hybridized carbons (Fsp3) is 0.545. The molecule has 1 saturated heterocycles. The molecule has 0 bridgehead atoms. The van der Waals surface area contributed by atoms with Crippen LogP contribution in [0.15, 0.2) is 12.4 Å². The zero-order valence-corrected chi connectivity index (χ0v) is 9.54. The van der Waals surface area contributed by atoms with Gasteiger partial charge in [-0.3, -0.25) is 4.79 Å². The van der Waals surface area contributed by atoms with Crippen molar-refractivity contribution in [3.8, 4) is 0 Å². The van der Waals surface area contributed by atoms with Crippen LogP contribution in [0.3, 0.4) is 0 Å². The van der Waals surface area contributed by atoms with Gasteiger partial charge < -0.3 is 15.7 Å². The predicted octanol–water partition coefficient (Wildman–Crippen LogP) is 0.0458. The Labute approximate surface area is 99.5 Å². The maximum absolute atomic E-state index is 12.2. The monoisotopic (exact) mass is 236 g/mol. The Morgan fingerprint density at radius 1 is 1.47 bits per heavy atom. The van der Waals surface area contributed by atoms with Crippen molar-refractivity contribution in [3.63, 3.8) is 0 Å². The standard InChI is InChI=1S/C11H16N4O2/c12-10-6-13-9(5-14-10)11(17)15-4-2-1-3-8(15)7-16/h5-6,8,16H,1-4,7H2,(H2,12,14). The van der Waals surface area contributed by atoms with Crippen molar-refractivity contribution in [1.29, 1.82) is 0 Å². The molecule has 6 nitrogen and oxygen atoms in total. The molecule has 1 fully saturated rings. The van der Waals surface area contributed by atoms with Crippen molar-refractivity contribution in [2.75, 3.05) is 18.9 Å². The van der Waals surface area contributed by atoms with E-state index in [1.807, 2.05) is 0 Å². The topological polar surface area (TPSA) is 92.3 Å². The maximum Gasteiger partial charge on any atom is 0.274 e. The Morgan fingerprint density at radius 2 is 2.29 bits per heavy atom.